The van der Waals surface area contributed by atoms with Crippen LogP contribution in [0, 0.1) is 12.8 Å². The fourth-order valence-electron chi connectivity index (χ4n) is 3.31. The Morgan fingerprint density at radius 3 is 2.94 bits per heavy atom. The van der Waals surface area contributed by atoms with Gasteiger partial charge in [0.05, 0.1) is 0 Å². The third kappa shape index (κ3) is 1.41. The van der Waals surface area contributed by atoms with Gasteiger partial charge in [0.15, 0.2) is 0 Å². The molecule has 2 unspecified atom stereocenters. The Bertz CT molecular complexity index is 410. The van der Waals surface area contributed by atoms with Gasteiger partial charge in [-0.05, 0) is 48.9 Å². The topological polar surface area (TPSA) is 12.0 Å². The fraction of sp³-hybridized carbons (Fsp3) is 0.600. The molecule has 1 saturated carbocycles. The molecular formula is C15H21N. The molecule has 1 N–H and O–H groups in total. The van der Waals surface area contributed by atoms with Crippen LogP contribution in [0.15, 0.2) is 18.2 Å². The monoisotopic (exact) mass is 215 g/mol. The van der Waals surface area contributed by atoms with E-state index in [1.807, 2.05) is 0 Å². The van der Waals surface area contributed by atoms with Crippen LogP contribution in [0.5, 0.6) is 0 Å². The van der Waals surface area contributed by atoms with Crippen LogP contribution in [0.1, 0.15) is 36.5 Å². The summed E-state index contributed by atoms with van der Waals surface area (Å²) in [5.41, 5.74) is 5.14. The highest BCUT2D eigenvalue weighted by atomic mass is 15.0. The van der Waals surface area contributed by atoms with Gasteiger partial charge < -0.3 is 5.32 Å². The number of hydrogen-bond acceptors (Lipinski definition) is 1. The molecule has 0 spiro atoms. The van der Waals surface area contributed by atoms with E-state index in [9.17, 15) is 0 Å². The molecule has 16 heavy (non-hydrogen) atoms. The summed E-state index contributed by atoms with van der Waals surface area (Å²) >= 11 is 0. The molecule has 0 bridgehead atoms. The van der Waals surface area contributed by atoms with Crippen LogP contribution in [0.2, 0.25) is 0 Å². The molecule has 0 amide bonds. The molecule has 2 atom stereocenters. The van der Waals surface area contributed by atoms with Gasteiger partial charge in [-0.15, -0.1) is 0 Å². The zero-order valence-corrected chi connectivity index (χ0v) is 10.3. The quantitative estimate of drug-likeness (QED) is 0.817. The van der Waals surface area contributed by atoms with Crippen LogP contribution in [-0.4, -0.2) is 13.1 Å². The first-order valence-corrected chi connectivity index (χ1v) is 6.57. The molecular weight excluding hydrogens is 194 g/mol. The summed E-state index contributed by atoms with van der Waals surface area (Å²) in [5.74, 6) is 0.921. The number of fused-ring (bicyclic) bond motifs is 1. The van der Waals surface area contributed by atoms with Gasteiger partial charge in [-0.2, -0.15) is 0 Å². The maximum atomic E-state index is 3.53. The third-order valence-electron chi connectivity index (χ3n) is 4.51. The molecule has 1 saturated heterocycles. The van der Waals surface area contributed by atoms with Crippen molar-refractivity contribution < 1.29 is 0 Å². The normalized spacial score (nSPS) is 31.5. The van der Waals surface area contributed by atoms with E-state index in [4.69, 9.17) is 0 Å². The van der Waals surface area contributed by atoms with Crippen molar-refractivity contribution in [2.75, 3.05) is 13.1 Å². The number of aryl methyl sites for hydroxylation is 2. The molecule has 1 aliphatic carbocycles. The number of benzene rings is 1. The van der Waals surface area contributed by atoms with E-state index in [2.05, 4.69) is 37.4 Å². The SMILES string of the molecule is CCCc1cc(C23CNCC2C3)ccc1C. The van der Waals surface area contributed by atoms with Crippen molar-refractivity contribution in [3.8, 4) is 0 Å². The van der Waals surface area contributed by atoms with Crippen molar-refractivity contribution in [3.05, 3.63) is 34.9 Å². The van der Waals surface area contributed by atoms with E-state index < -0.39 is 0 Å². The number of hydrogen-bond donors (Lipinski definition) is 1. The van der Waals surface area contributed by atoms with Crippen molar-refractivity contribution in [1.82, 2.24) is 5.32 Å². The fourth-order valence-corrected chi connectivity index (χ4v) is 3.31. The number of rotatable bonds is 3. The smallest absolute Gasteiger partial charge is 0.0122 e. The lowest BCUT2D eigenvalue weighted by molar-refractivity contribution is 0.674. The molecule has 1 nitrogen and oxygen atoms in total. The Hall–Kier alpha value is -0.820. The van der Waals surface area contributed by atoms with Crippen molar-refractivity contribution in [1.29, 1.82) is 0 Å². The zero-order valence-electron chi connectivity index (χ0n) is 10.3. The molecule has 2 fully saturated rings. The average molecular weight is 215 g/mol. The van der Waals surface area contributed by atoms with Gasteiger partial charge in [0.2, 0.25) is 0 Å². The maximum Gasteiger partial charge on any atom is 0.0122 e. The van der Waals surface area contributed by atoms with Crippen molar-refractivity contribution >= 4 is 0 Å². The Morgan fingerprint density at radius 2 is 2.31 bits per heavy atom. The lowest BCUT2D eigenvalue weighted by atomic mass is 9.91. The summed E-state index contributed by atoms with van der Waals surface area (Å²) in [4.78, 5) is 0. The minimum absolute atomic E-state index is 0.524. The van der Waals surface area contributed by atoms with Gasteiger partial charge in [-0.1, -0.05) is 31.5 Å². The van der Waals surface area contributed by atoms with Crippen molar-refractivity contribution in [3.63, 3.8) is 0 Å². The summed E-state index contributed by atoms with van der Waals surface area (Å²) in [6, 6.07) is 7.16. The highest BCUT2D eigenvalue weighted by Crippen LogP contribution is 2.56. The average Bonchev–Trinajstić information content (AvgIpc) is 2.85. The molecule has 1 aliphatic heterocycles. The summed E-state index contributed by atoms with van der Waals surface area (Å²) in [5, 5.41) is 3.53. The molecule has 0 radical (unpaired) electrons. The Morgan fingerprint density at radius 1 is 1.44 bits per heavy atom. The van der Waals surface area contributed by atoms with Gasteiger partial charge in [-0.25, -0.2) is 0 Å². The molecule has 1 aromatic rings. The van der Waals surface area contributed by atoms with Crippen LogP contribution >= 0.6 is 0 Å². The molecule has 86 valence electrons. The first kappa shape index (κ1) is 10.3. The molecule has 1 aromatic carbocycles. The number of piperidine rings is 1. The minimum Gasteiger partial charge on any atom is -0.316 e. The zero-order chi connectivity index (χ0) is 11.2. The second-order valence-electron chi connectivity index (χ2n) is 5.58. The van der Waals surface area contributed by atoms with Gasteiger partial charge >= 0.3 is 0 Å². The largest absolute Gasteiger partial charge is 0.316 e. The third-order valence-corrected chi connectivity index (χ3v) is 4.51. The summed E-state index contributed by atoms with van der Waals surface area (Å²) in [6.45, 7) is 6.94. The molecule has 1 heteroatoms. The predicted molar refractivity (Wildman–Crippen MR) is 67.8 cm³/mol. The maximum absolute atomic E-state index is 3.53. The molecule has 3 rings (SSSR count). The number of nitrogens with one attached hydrogen (secondary N) is 1. The van der Waals surface area contributed by atoms with E-state index in [1.165, 1.54) is 37.9 Å². The van der Waals surface area contributed by atoms with Crippen LogP contribution in [0.4, 0.5) is 0 Å². The van der Waals surface area contributed by atoms with E-state index in [0.717, 1.165) is 5.92 Å². The lowest BCUT2D eigenvalue weighted by Gasteiger charge is -2.15. The lowest BCUT2D eigenvalue weighted by Crippen LogP contribution is -2.19. The van der Waals surface area contributed by atoms with Crippen LogP contribution in [0.25, 0.3) is 0 Å². The Balaban J connectivity index is 1.93. The summed E-state index contributed by atoms with van der Waals surface area (Å²) in [7, 11) is 0. The second kappa shape index (κ2) is 3.59. The van der Waals surface area contributed by atoms with Gasteiger partial charge in [-0.3, -0.25) is 0 Å². The van der Waals surface area contributed by atoms with E-state index in [-0.39, 0.29) is 0 Å². The first-order valence-electron chi connectivity index (χ1n) is 6.57. The van der Waals surface area contributed by atoms with Crippen LogP contribution in [0.3, 0.4) is 0 Å². The van der Waals surface area contributed by atoms with Crippen LogP contribution < -0.4 is 5.32 Å². The van der Waals surface area contributed by atoms with Gasteiger partial charge in [0.1, 0.15) is 0 Å². The van der Waals surface area contributed by atoms with Crippen LogP contribution in [-0.2, 0) is 11.8 Å². The van der Waals surface area contributed by atoms with Gasteiger partial charge in [0, 0.05) is 12.0 Å². The summed E-state index contributed by atoms with van der Waals surface area (Å²) < 4.78 is 0. The Kier molecular flexibility index (Phi) is 2.32. The predicted octanol–water partition coefficient (Wildman–Crippen LogP) is 2.81. The van der Waals surface area contributed by atoms with E-state index in [1.54, 1.807) is 11.1 Å². The molecule has 2 aliphatic rings. The van der Waals surface area contributed by atoms with E-state index in [0.29, 0.717) is 5.41 Å². The molecule has 1 heterocycles. The Labute approximate surface area is 98.3 Å². The minimum atomic E-state index is 0.524. The molecule has 0 aromatic heterocycles. The van der Waals surface area contributed by atoms with Gasteiger partial charge in [0.25, 0.3) is 0 Å². The van der Waals surface area contributed by atoms with Crippen molar-refractivity contribution in [2.24, 2.45) is 5.92 Å². The second-order valence-corrected chi connectivity index (χ2v) is 5.58. The highest BCUT2D eigenvalue weighted by Gasteiger charge is 2.57. The van der Waals surface area contributed by atoms with Crippen molar-refractivity contribution in [2.45, 2.75) is 38.5 Å². The van der Waals surface area contributed by atoms with E-state index >= 15 is 0 Å². The standard InChI is InChI=1S/C15H21N/c1-3-4-12-7-13(6-5-11(12)2)15-8-14(15)9-16-10-15/h5-7,14,16H,3-4,8-10H2,1-2H3. The first-order chi connectivity index (χ1) is 7.76. The highest BCUT2D eigenvalue weighted by molar-refractivity contribution is 5.42. The summed E-state index contributed by atoms with van der Waals surface area (Å²) in [6.07, 6.45) is 3.89.